The molecule has 5 rings (SSSR count). The van der Waals surface area contributed by atoms with Crippen LogP contribution in [-0.4, -0.2) is 59.0 Å². The summed E-state index contributed by atoms with van der Waals surface area (Å²) in [4.78, 5) is 6.99. The van der Waals surface area contributed by atoms with Gasteiger partial charge in [-0.15, -0.1) is 0 Å². The number of sulfonamides is 1. The maximum atomic E-state index is 13.3. The summed E-state index contributed by atoms with van der Waals surface area (Å²) >= 11 is 1.60. The maximum absolute atomic E-state index is 13.3. The summed E-state index contributed by atoms with van der Waals surface area (Å²) in [5, 5.41) is 9.77. The molecule has 0 aliphatic carbocycles. The third-order valence-corrected chi connectivity index (χ3v) is 8.77. The summed E-state index contributed by atoms with van der Waals surface area (Å²) in [6, 6.07) is 8.70. The molecule has 37 heavy (non-hydrogen) atoms. The van der Waals surface area contributed by atoms with Crippen LogP contribution in [0.2, 0.25) is 0 Å². The maximum Gasteiger partial charge on any atom is 0.266 e. The highest BCUT2D eigenvalue weighted by Crippen LogP contribution is 2.40. The van der Waals surface area contributed by atoms with Gasteiger partial charge in [-0.05, 0) is 49.2 Å². The fraction of sp³-hybridized carbons (Fsp3) is 0.360. The second kappa shape index (κ2) is 10.6. The number of nitrogens with zero attached hydrogens (tertiary/aromatic N) is 3. The molecule has 2 aromatic carbocycles. The van der Waals surface area contributed by atoms with Crippen molar-refractivity contribution < 1.29 is 22.4 Å². The van der Waals surface area contributed by atoms with Crippen LogP contribution in [-0.2, 0) is 16.4 Å². The van der Waals surface area contributed by atoms with Crippen LogP contribution < -0.4 is 24.4 Å². The minimum Gasteiger partial charge on any atom is -0.496 e. The third-order valence-electron chi connectivity index (χ3n) is 6.31. The molecule has 0 radical (unpaired) electrons. The number of benzene rings is 2. The zero-order valence-corrected chi connectivity index (χ0v) is 22.5. The number of aryl methyl sites for hydroxylation is 1. The summed E-state index contributed by atoms with van der Waals surface area (Å²) in [6.45, 7) is 5.83. The van der Waals surface area contributed by atoms with Crippen molar-refractivity contribution in [2.45, 2.75) is 24.7 Å². The van der Waals surface area contributed by atoms with Crippen LogP contribution in [0.5, 0.6) is 11.5 Å². The van der Waals surface area contributed by atoms with Crippen LogP contribution in [0.15, 0.2) is 45.9 Å². The lowest BCUT2D eigenvalue weighted by Crippen LogP contribution is -2.26. The SMILES string of the molecule is CCc1ccc(OC)c(S(=O)(=O)Nc2noc3cc(-c4ncc(N5CCCNCC5)s4)cc(OC)c23)c1. The quantitative estimate of drug-likeness (QED) is 0.338. The Hall–Kier alpha value is -3.35. The lowest BCUT2D eigenvalue weighted by Gasteiger charge is -2.18. The van der Waals surface area contributed by atoms with Gasteiger partial charge in [0.25, 0.3) is 10.0 Å². The number of hydrogen-bond acceptors (Lipinski definition) is 10. The Balaban J connectivity index is 1.48. The first kappa shape index (κ1) is 25.3. The Labute approximate surface area is 219 Å². The molecular weight excluding hydrogens is 514 g/mol. The van der Waals surface area contributed by atoms with Crippen LogP contribution in [0.25, 0.3) is 21.5 Å². The fourth-order valence-corrected chi connectivity index (χ4v) is 6.52. The topological polar surface area (TPSA) is 119 Å². The van der Waals surface area contributed by atoms with E-state index in [4.69, 9.17) is 14.0 Å². The van der Waals surface area contributed by atoms with E-state index < -0.39 is 10.0 Å². The number of ether oxygens (including phenoxy) is 2. The van der Waals surface area contributed by atoms with Gasteiger partial charge in [-0.2, -0.15) is 0 Å². The van der Waals surface area contributed by atoms with Crippen LogP contribution in [0.3, 0.4) is 0 Å². The van der Waals surface area contributed by atoms with Crippen molar-refractivity contribution in [3.05, 3.63) is 42.1 Å². The number of nitrogens with one attached hydrogen (secondary N) is 2. The number of aromatic nitrogens is 2. The van der Waals surface area contributed by atoms with Crippen LogP contribution in [0.4, 0.5) is 10.8 Å². The second-order valence-corrected chi connectivity index (χ2v) is 11.3. The Bertz CT molecular complexity index is 1510. The standard InChI is InChI=1S/C25H29N5O5S2/c1-4-16-6-7-18(33-2)21(12-16)37(31,32)29-24-23-19(34-3)13-17(14-20(23)35-28-24)25-27-15-22(36-25)30-10-5-8-26-9-11-30/h6-7,12-15,26H,4-5,8-11H2,1-3H3,(H,28,29). The molecule has 2 N–H and O–H groups in total. The molecule has 12 heteroatoms. The van der Waals surface area contributed by atoms with Crippen molar-refractivity contribution in [1.29, 1.82) is 0 Å². The molecule has 10 nitrogen and oxygen atoms in total. The van der Waals surface area contributed by atoms with E-state index in [9.17, 15) is 8.42 Å². The highest BCUT2D eigenvalue weighted by molar-refractivity contribution is 7.92. The molecule has 0 unspecified atom stereocenters. The monoisotopic (exact) mass is 543 g/mol. The minimum absolute atomic E-state index is 0.0279. The first-order chi connectivity index (χ1) is 17.9. The zero-order valence-electron chi connectivity index (χ0n) is 20.9. The number of methoxy groups -OCH3 is 2. The van der Waals surface area contributed by atoms with Crippen molar-refractivity contribution in [2.24, 2.45) is 0 Å². The van der Waals surface area contributed by atoms with E-state index in [2.05, 4.69) is 25.1 Å². The lowest BCUT2D eigenvalue weighted by atomic mass is 10.1. The molecule has 2 aromatic heterocycles. The van der Waals surface area contributed by atoms with Gasteiger partial charge in [-0.3, -0.25) is 4.72 Å². The first-order valence-corrected chi connectivity index (χ1v) is 14.3. The van der Waals surface area contributed by atoms with E-state index in [1.54, 1.807) is 29.5 Å². The Morgan fingerprint density at radius 1 is 1.14 bits per heavy atom. The normalized spacial score (nSPS) is 14.5. The number of hydrogen-bond donors (Lipinski definition) is 2. The van der Waals surface area contributed by atoms with Crippen molar-refractivity contribution >= 4 is 43.1 Å². The van der Waals surface area contributed by atoms with E-state index in [1.807, 2.05) is 25.3 Å². The molecule has 196 valence electrons. The second-order valence-electron chi connectivity index (χ2n) is 8.62. The molecule has 0 bridgehead atoms. The number of anilines is 2. The fourth-order valence-electron chi connectivity index (χ4n) is 4.33. The van der Waals surface area contributed by atoms with Gasteiger partial charge in [0.05, 0.1) is 20.4 Å². The number of rotatable bonds is 8. The molecule has 1 aliphatic rings. The largest absolute Gasteiger partial charge is 0.496 e. The average Bonchev–Trinajstić information content (AvgIpc) is 3.47. The molecule has 1 saturated heterocycles. The summed E-state index contributed by atoms with van der Waals surface area (Å²) in [6.07, 6.45) is 3.65. The molecule has 0 spiro atoms. The van der Waals surface area contributed by atoms with E-state index in [1.165, 1.54) is 14.2 Å². The van der Waals surface area contributed by atoms with E-state index >= 15 is 0 Å². The van der Waals surface area contributed by atoms with Crippen molar-refractivity contribution in [2.75, 3.05) is 50.0 Å². The molecule has 0 amide bonds. The lowest BCUT2D eigenvalue weighted by molar-refractivity contribution is 0.402. The van der Waals surface area contributed by atoms with Crippen molar-refractivity contribution in [3.8, 4) is 22.1 Å². The van der Waals surface area contributed by atoms with Gasteiger partial charge < -0.3 is 24.2 Å². The highest BCUT2D eigenvalue weighted by Gasteiger charge is 2.25. The summed E-state index contributed by atoms with van der Waals surface area (Å²) in [5.74, 6) is 0.710. The van der Waals surface area contributed by atoms with Crippen LogP contribution in [0.1, 0.15) is 18.9 Å². The Morgan fingerprint density at radius 2 is 1.97 bits per heavy atom. The third kappa shape index (κ3) is 5.09. The van der Waals surface area contributed by atoms with E-state index in [0.717, 1.165) is 53.7 Å². The van der Waals surface area contributed by atoms with Crippen LogP contribution >= 0.6 is 11.3 Å². The van der Waals surface area contributed by atoms with Gasteiger partial charge in [0.1, 0.15) is 31.8 Å². The summed E-state index contributed by atoms with van der Waals surface area (Å²) in [7, 11) is -1.07. The molecule has 4 aromatic rings. The van der Waals surface area contributed by atoms with Gasteiger partial charge in [-0.25, -0.2) is 13.4 Å². The number of fused-ring (bicyclic) bond motifs is 1. The van der Waals surface area contributed by atoms with Gasteiger partial charge in [0.15, 0.2) is 11.4 Å². The minimum atomic E-state index is -4.02. The van der Waals surface area contributed by atoms with E-state index in [-0.39, 0.29) is 16.5 Å². The zero-order chi connectivity index (χ0) is 26.0. The van der Waals surface area contributed by atoms with Crippen molar-refractivity contribution in [3.63, 3.8) is 0 Å². The first-order valence-electron chi connectivity index (χ1n) is 12.0. The molecular formula is C25H29N5O5S2. The predicted octanol–water partition coefficient (Wildman–Crippen LogP) is 4.13. The molecule has 3 heterocycles. The Morgan fingerprint density at radius 3 is 2.76 bits per heavy atom. The van der Waals surface area contributed by atoms with Crippen molar-refractivity contribution in [1.82, 2.24) is 15.5 Å². The van der Waals surface area contributed by atoms with Crippen LogP contribution in [0, 0.1) is 0 Å². The smallest absolute Gasteiger partial charge is 0.266 e. The average molecular weight is 544 g/mol. The Kier molecular flexibility index (Phi) is 7.22. The van der Waals surface area contributed by atoms with E-state index in [0.29, 0.717) is 23.1 Å². The van der Waals surface area contributed by atoms with Gasteiger partial charge in [0.2, 0.25) is 0 Å². The highest BCUT2D eigenvalue weighted by atomic mass is 32.2. The van der Waals surface area contributed by atoms with Gasteiger partial charge >= 0.3 is 0 Å². The van der Waals surface area contributed by atoms with Gasteiger partial charge in [0, 0.05) is 25.2 Å². The summed E-state index contributed by atoms with van der Waals surface area (Å²) < 4.78 is 45.7. The van der Waals surface area contributed by atoms with Gasteiger partial charge in [-0.1, -0.05) is 29.5 Å². The molecule has 0 saturated carbocycles. The molecule has 1 fully saturated rings. The molecule has 1 aliphatic heterocycles. The number of thiazole rings is 1. The predicted molar refractivity (Wildman–Crippen MR) is 145 cm³/mol. The molecule has 0 atom stereocenters. The summed E-state index contributed by atoms with van der Waals surface area (Å²) in [5.41, 5.74) is 2.06.